The van der Waals surface area contributed by atoms with Crippen LogP contribution in [0.2, 0.25) is 0 Å². The van der Waals surface area contributed by atoms with Crippen molar-refractivity contribution in [3.63, 3.8) is 0 Å². The molecule has 2 heteroatoms. The summed E-state index contributed by atoms with van der Waals surface area (Å²) in [5, 5.41) is 4.17. The van der Waals surface area contributed by atoms with E-state index in [0.717, 1.165) is 6.42 Å². The Labute approximate surface area is 44.1 Å². The Hall–Kier alpha value is -0.0800. The smallest absolute Gasteiger partial charge is 0.0714 e. The second-order valence-electron chi connectivity index (χ2n) is 2.14. The van der Waals surface area contributed by atoms with E-state index in [-0.39, 0.29) is 6.17 Å². The highest BCUT2D eigenvalue weighted by molar-refractivity contribution is 4.74. The van der Waals surface area contributed by atoms with Gasteiger partial charge in [-0.25, -0.2) is 5.32 Å². The van der Waals surface area contributed by atoms with Gasteiger partial charge < -0.3 is 5.73 Å². The Balaban J connectivity index is 2.26. The first-order chi connectivity index (χ1) is 3.29. The van der Waals surface area contributed by atoms with Gasteiger partial charge in [0, 0.05) is 6.04 Å². The molecule has 1 saturated heterocycles. The maximum atomic E-state index is 5.46. The Kier molecular flexibility index (Phi) is 1.30. The summed E-state index contributed by atoms with van der Waals surface area (Å²) in [6.07, 6.45) is 2.41. The number of hydrogen-bond donors (Lipinski definition) is 1. The number of nitrogens with two attached hydrogens (primary N) is 1. The van der Waals surface area contributed by atoms with Crippen LogP contribution in [-0.2, 0) is 0 Å². The van der Waals surface area contributed by atoms with Gasteiger partial charge in [-0.05, 0) is 19.8 Å². The van der Waals surface area contributed by atoms with Gasteiger partial charge in [-0.2, -0.15) is 0 Å². The fraction of sp³-hybridized carbons (Fsp3) is 1.00. The fourth-order valence-electron chi connectivity index (χ4n) is 0.888. The number of rotatable bonds is 0. The summed E-state index contributed by atoms with van der Waals surface area (Å²) in [4.78, 5) is 0. The van der Waals surface area contributed by atoms with Gasteiger partial charge in [-0.1, -0.05) is 0 Å². The van der Waals surface area contributed by atoms with Gasteiger partial charge in [0.1, 0.15) is 0 Å². The molecular weight excluding hydrogens is 88.1 g/mol. The molecule has 2 nitrogen and oxygen atoms in total. The number of nitrogens with zero attached hydrogens (tertiary/aromatic N) is 1. The fourth-order valence-corrected chi connectivity index (χ4v) is 0.888. The normalized spacial score (nSPS) is 42.0. The molecule has 1 rings (SSSR count). The summed E-state index contributed by atoms with van der Waals surface area (Å²) < 4.78 is 0. The first-order valence-electron chi connectivity index (χ1n) is 2.74. The summed E-state index contributed by atoms with van der Waals surface area (Å²) in [6, 6.07) is 0.523. The standard InChI is InChI=1S/C5H11N2/c1-4-2-3-5(6)7-4/h4-5H,2-3,6H2,1H3. The largest absolute Gasteiger partial charge is 0.315 e. The van der Waals surface area contributed by atoms with Crippen LogP contribution in [0.1, 0.15) is 19.8 Å². The van der Waals surface area contributed by atoms with Gasteiger partial charge in [0.2, 0.25) is 0 Å². The zero-order valence-electron chi connectivity index (χ0n) is 4.59. The molecule has 41 valence electrons. The average molecular weight is 99.2 g/mol. The summed E-state index contributed by atoms with van der Waals surface area (Å²) in [6.45, 7) is 2.10. The van der Waals surface area contributed by atoms with Crippen LogP contribution in [0.5, 0.6) is 0 Å². The number of hydrogen-bond acceptors (Lipinski definition) is 1. The van der Waals surface area contributed by atoms with Crippen LogP contribution in [0.4, 0.5) is 0 Å². The van der Waals surface area contributed by atoms with Gasteiger partial charge in [0.05, 0.1) is 6.17 Å². The third-order valence-electron chi connectivity index (χ3n) is 1.33. The van der Waals surface area contributed by atoms with Gasteiger partial charge in [-0.3, -0.25) is 0 Å². The van der Waals surface area contributed by atoms with E-state index in [4.69, 9.17) is 5.73 Å². The van der Waals surface area contributed by atoms with Crippen molar-refractivity contribution in [3.05, 3.63) is 0 Å². The van der Waals surface area contributed by atoms with E-state index >= 15 is 0 Å². The predicted molar refractivity (Wildman–Crippen MR) is 28.8 cm³/mol. The predicted octanol–water partition coefficient (Wildman–Crippen LogP) is 0.0579. The van der Waals surface area contributed by atoms with Gasteiger partial charge in [-0.15, -0.1) is 0 Å². The van der Waals surface area contributed by atoms with Crippen LogP contribution in [0.25, 0.3) is 0 Å². The Bertz CT molecular complexity index is 55.1. The lowest BCUT2D eigenvalue weighted by atomic mass is 10.2. The Morgan fingerprint density at radius 2 is 2.29 bits per heavy atom. The second-order valence-corrected chi connectivity index (χ2v) is 2.14. The van der Waals surface area contributed by atoms with E-state index in [1.807, 2.05) is 0 Å². The molecule has 0 aromatic heterocycles. The molecular formula is C5H11N2. The molecule has 1 radical (unpaired) electrons. The van der Waals surface area contributed by atoms with Crippen molar-refractivity contribution < 1.29 is 0 Å². The lowest BCUT2D eigenvalue weighted by molar-refractivity contribution is 0.564. The van der Waals surface area contributed by atoms with Crippen molar-refractivity contribution in [2.75, 3.05) is 0 Å². The van der Waals surface area contributed by atoms with E-state index in [9.17, 15) is 0 Å². The van der Waals surface area contributed by atoms with Crippen molar-refractivity contribution in [1.29, 1.82) is 0 Å². The molecule has 0 aromatic carbocycles. The van der Waals surface area contributed by atoms with Crippen LogP contribution in [0.15, 0.2) is 0 Å². The monoisotopic (exact) mass is 99.1 g/mol. The Morgan fingerprint density at radius 3 is 2.43 bits per heavy atom. The minimum atomic E-state index is 0.148. The summed E-state index contributed by atoms with van der Waals surface area (Å²) in [5.41, 5.74) is 5.46. The second kappa shape index (κ2) is 1.80. The molecule has 2 atom stereocenters. The summed E-state index contributed by atoms with van der Waals surface area (Å²) in [7, 11) is 0. The van der Waals surface area contributed by atoms with Crippen molar-refractivity contribution in [1.82, 2.24) is 5.32 Å². The molecule has 0 spiro atoms. The molecule has 2 N–H and O–H groups in total. The zero-order valence-corrected chi connectivity index (χ0v) is 4.59. The SMILES string of the molecule is CC1CCC(N)[N]1. The van der Waals surface area contributed by atoms with Gasteiger partial charge in [0.25, 0.3) is 0 Å². The molecule has 1 aliphatic rings. The van der Waals surface area contributed by atoms with Gasteiger partial charge in [0.15, 0.2) is 0 Å². The topological polar surface area (TPSA) is 40.1 Å². The van der Waals surface area contributed by atoms with Crippen LogP contribution in [0.3, 0.4) is 0 Å². The van der Waals surface area contributed by atoms with Crippen LogP contribution < -0.4 is 11.1 Å². The highest BCUT2D eigenvalue weighted by Crippen LogP contribution is 2.08. The minimum absolute atomic E-state index is 0.148. The van der Waals surface area contributed by atoms with E-state index in [1.54, 1.807) is 0 Å². The zero-order chi connectivity index (χ0) is 5.28. The van der Waals surface area contributed by atoms with Crippen LogP contribution in [-0.4, -0.2) is 12.2 Å². The summed E-state index contributed by atoms with van der Waals surface area (Å²) >= 11 is 0. The third kappa shape index (κ3) is 1.14. The van der Waals surface area contributed by atoms with Crippen molar-refractivity contribution in [2.24, 2.45) is 5.73 Å². The molecule has 1 fully saturated rings. The molecule has 0 amide bonds. The van der Waals surface area contributed by atoms with Crippen LogP contribution >= 0.6 is 0 Å². The maximum Gasteiger partial charge on any atom is 0.0714 e. The lowest BCUT2D eigenvalue weighted by Crippen LogP contribution is -2.27. The van der Waals surface area contributed by atoms with Crippen molar-refractivity contribution in [3.8, 4) is 0 Å². The summed E-state index contributed by atoms with van der Waals surface area (Å²) in [5.74, 6) is 0. The molecule has 2 unspecified atom stereocenters. The van der Waals surface area contributed by atoms with Gasteiger partial charge >= 0.3 is 0 Å². The minimum Gasteiger partial charge on any atom is -0.315 e. The quantitative estimate of drug-likeness (QED) is 0.458. The van der Waals surface area contributed by atoms with Crippen molar-refractivity contribution in [2.45, 2.75) is 32.0 Å². The Morgan fingerprint density at radius 1 is 1.57 bits per heavy atom. The maximum absolute atomic E-state index is 5.46. The van der Waals surface area contributed by atoms with E-state index in [0.29, 0.717) is 6.04 Å². The van der Waals surface area contributed by atoms with Crippen LogP contribution in [0, 0.1) is 0 Å². The highest BCUT2D eigenvalue weighted by atomic mass is 15.1. The molecule has 1 heterocycles. The molecule has 0 aromatic rings. The molecule has 1 aliphatic heterocycles. The van der Waals surface area contributed by atoms with E-state index < -0.39 is 0 Å². The first-order valence-corrected chi connectivity index (χ1v) is 2.74. The van der Waals surface area contributed by atoms with E-state index in [2.05, 4.69) is 12.2 Å². The molecule has 7 heavy (non-hydrogen) atoms. The highest BCUT2D eigenvalue weighted by Gasteiger charge is 2.16. The third-order valence-corrected chi connectivity index (χ3v) is 1.33. The first kappa shape index (κ1) is 5.06. The molecule has 0 saturated carbocycles. The van der Waals surface area contributed by atoms with E-state index in [1.165, 1.54) is 6.42 Å². The average Bonchev–Trinajstić information content (AvgIpc) is 1.87. The molecule has 0 aliphatic carbocycles. The molecule has 0 bridgehead atoms. The lowest BCUT2D eigenvalue weighted by Gasteiger charge is -1.98. The van der Waals surface area contributed by atoms with Crippen molar-refractivity contribution >= 4 is 0 Å².